The van der Waals surface area contributed by atoms with Gasteiger partial charge in [0.05, 0.1) is 6.42 Å². The number of nitrogens with one attached hydrogen (secondary N) is 2. The molecule has 0 aromatic heterocycles. The smallest absolute Gasteiger partial charge is 0.305 e. The van der Waals surface area contributed by atoms with E-state index in [1.54, 1.807) is 0 Å². The summed E-state index contributed by atoms with van der Waals surface area (Å²) in [7, 11) is 0. The van der Waals surface area contributed by atoms with Crippen molar-refractivity contribution in [2.75, 3.05) is 6.54 Å². The van der Waals surface area contributed by atoms with Crippen molar-refractivity contribution < 1.29 is 19.5 Å². The highest BCUT2D eigenvalue weighted by Crippen LogP contribution is 2.21. The van der Waals surface area contributed by atoms with E-state index >= 15 is 0 Å². The molecule has 6 nitrogen and oxygen atoms in total. The van der Waals surface area contributed by atoms with Gasteiger partial charge in [0.15, 0.2) is 0 Å². The maximum absolute atomic E-state index is 11.6. The summed E-state index contributed by atoms with van der Waals surface area (Å²) < 4.78 is 0. The zero-order valence-corrected chi connectivity index (χ0v) is 11.4. The van der Waals surface area contributed by atoms with Gasteiger partial charge in [0, 0.05) is 25.9 Å². The minimum absolute atomic E-state index is 0.116. The molecular weight excluding hydrogens is 236 g/mol. The topological polar surface area (TPSA) is 95.5 Å². The second-order valence-corrected chi connectivity index (χ2v) is 5.32. The molecular formula is C12H22N2O4. The van der Waals surface area contributed by atoms with Gasteiger partial charge in [0.1, 0.15) is 0 Å². The molecule has 104 valence electrons. The van der Waals surface area contributed by atoms with Crippen LogP contribution < -0.4 is 10.6 Å². The monoisotopic (exact) mass is 258 g/mol. The second-order valence-electron chi connectivity index (χ2n) is 5.32. The SMILES string of the molecule is CC(=O)NCCC(=O)NC(CC(=O)O)C(C)(C)C. The van der Waals surface area contributed by atoms with Gasteiger partial charge in [-0.15, -0.1) is 0 Å². The zero-order chi connectivity index (χ0) is 14.3. The highest BCUT2D eigenvalue weighted by molar-refractivity contribution is 5.79. The van der Waals surface area contributed by atoms with Crippen LogP contribution in [0.15, 0.2) is 0 Å². The van der Waals surface area contributed by atoms with Crippen LogP contribution in [0.25, 0.3) is 0 Å². The molecule has 0 rings (SSSR count). The van der Waals surface area contributed by atoms with Gasteiger partial charge >= 0.3 is 5.97 Å². The van der Waals surface area contributed by atoms with Gasteiger partial charge in [-0.25, -0.2) is 0 Å². The van der Waals surface area contributed by atoms with Crippen molar-refractivity contribution in [1.29, 1.82) is 0 Å². The lowest BCUT2D eigenvalue weighted by Gasteiger charge is -2.30. The Kier molecular flexibility index (Phi) is 6.36. The first-order chi connectivity index (χ1) is 8.12. The maximum atomic E-state index is 11.6. The van der Waals surface area contributed by atoms with Crippen LogP contribution in [0.2, 0.25) is 0 Å². The summed E-state index contributed by atoms with van der Waals surface area (Å²) in [5.74, 6) is -1.40. The minimum atomic E-state index is -0.947. The number of carbonyl (C=O) groups excluding carboxylic acids is 2. The van der Waals surface area contributed by atoms with Gasteiger partial charge in [-0.1, -0.05) is 20.8 Å². The van der Waals surface area contributed by atoms with Crippen LogP contribution in [0.1, 0.15) is 40.5 Å². The summed E-state index contributed by atoms with van der Waals surface area (Å²) in [5, 5.41) is 14.0. The molecule has 3 N–H and O–H groups in total. The Morgan fingerprint density at radius 1 is 1.22 bits per heavy atom. The Bertz CT molecular complexity index is 321. The molecule has 1 unspecified atom stereocenters. The van der Waals surface area contributed by atoms with Crippen LogP contribution >= 0.6 is 0 Å². The van der Waals surface area contributed by atoms with Crippen LogP contribution in [0, 0.1) is 5.41 Å². The third kappa shape index (κ3) is 7.65. The Hall–Kier alpha value is -1.59. The van der Waals surface area contributed by atoms with Crippen LogP contribution in [-0.2, 0) is 14.4 Å². The van der Waals surface area contributed by atoms with Gasteiger partial charge in [0.2, 0.25) is 11.8 Å². The summed E-state index contributed by atoms with van der Waals surface area (Å²) in [6, 6.07) is -0.431. The number of rotatable bonds is 6. The second kappa shape index (κ2) is 6.98. The lowest BCUT2D eigenvalue weighted by molar-refractivity contribution is -0.138. The van der Waals surface area contributed by atoms with Crippen LogP contribution in [0.3, 0.4) is 0 Å². The molecule has 0 aromatic carbocycles. The average Bonchev–Trinajstić information content (AvgIpc) is 2.13. The summed E-state index contributed by atoms with van der Waals surface area (Å²) in [5.41, 5.74) is -0.331. The predicted molar refractivity (Wildman–Crippen MR) is 66.9 cm³/mol. The molecule has 0 aliphatic heterocycles. The summed E-state index contributed by atoms with van der Waals surface area (Å²) in [6.45, 7) is 7.24. The van der Waals surface area contributed by atoms with E-state index in [4.69, 9.17) is 5.11 Å². The molecule has 0 radical (unpaired) electrons. The molecule has 0 fully saturated rings. The van der Waals surface area contributed by atoms with E-state index in [0.29, 0.717) is 0 Å². The molecule has 2 amide bonds. The standard InChI is InChI=1S/C12H22N2O4/c1-8(15)13-6-5-10(16)14-9(7-11(17)18)12(2,3)4/h9H,5-7H2,1-4H3,(H,13,15)(H,14,16)(H,17,18). The predicted octanol–water partition coefficient (Wildman–Crippen LogP) is 0.518. The summed E-state index contributed by atoms with van der Waals surface area (Å²) in [4.78, 5) is 33.0. The van der Waals surface area contributed by atoms with Gasteiger partial charge in [-0.2, -0.15) is 0 Å². The van der Waals surface area contributed by atoms with E-state index in [2.05, 4.69) is 10.6 Å². The zero-order valence-electron chi connectivity index (χ0n) is 11.4. The summed E-state index contributed by atoms with van der Waals surface area (Å²) in [6.07, 6.45) is 0.0289. The van der Waals surface area contributed by atoms with Gasteiger partial charge < -0.3 is 15.7 Å². The number of amides is 2. The molecule has 0 heterocycles. The van der Waals surface area contributed by atoms with Crippen molar-refractivity contribution >= 4 is 17.8 Å². The Morgan fingerprint density at radius 3 is 2.17 bits per heavy atom. The number of carbonyl (C=O) groups is 3. The lowest BCUT2D eigenvalue weighted by Crippen LogP contribution is -2.45. The Balaban J connectivity index is 4.27. The van der Waals surface area contributed by atoms with E-state index in [0.717, 1.165) is 0 Å². The van der Waals surface area contributed by atoms with Crippen LogP contribution in [0.4, 0.5) is 0 Å². The first-order valence-corrected chi connectivity index (χ1v) is 5.88. The van der Waals surface area contributed by atoms with Crippen molar-refractivity contribution in [1.82, 2.24) is 10.6 Å². The molecule has 0 aliphatic rings. The largest absolute Gasteiger partial charge is 0.481 e. The minimum Gasteiger partial charge on any atom is -0.481 e. The lowest BCUT2D eigenvalue weighted by atomic mass is 9.84. The van der Waals surface area contributed by atoms with E-state index in [-0.39, 0.29) is 36.6 Å². The third-order valence-corrected chi connectivity index (χ3v) is 2.49. The maximum Gasteiger partial charge on any atom is 0.305 e. The van der Waals surface area contributed by atoms with Gasteiger partial charge in [-0.3, -0.25) is 14.4 Å². The molecule has 0 aliphatic carbocycles. The van der Waals surface area contributed by atoms with Crippen molar-refractivity contribution in [2.45, 2.75) is 46.6 Å². The number of carboxylic acids is 1. The van der Waals surface area contributed by atoms with Gasteiger partial charge in [0.25, 0.3) is 0 Å². The first kappa shape index (κ1) is 16.4. The first-order valence-electron chi connectivity index (χ1n) is 5.88. The highest BCUT2D eigenvalue weighted by Gasteiger charge is 2.28. The van der Waals surface area contributed by atoms with E-state index in [1.807, 2.05) is 20.8 Å². The molecule has 0 spiro atoms. The van der Waals surface area contributed by atoms with Crippen molar-refractivity contribution in [3.05, 3.63) is 0 Å². The third-order valence-electron chi connectivity index (χ3n) is 2.49. The molecule has 0 saturated carbocycles. The molecule has 18 heavy (non-hydrogen) atoms. The van der Waals surface area contributed by atoms with Crippen LogP contribution in [-0.4, -0.2) is 35.5 Å². The fourth-order valence-corrected chi connectivity index (χ4v) is 1.37. The van der Waals surface area contributed by atoms with Crippen molar-refractivity contribution in [3.63, 3.8) is 0 Å². The fraction of sp³-hybridized carbons (Fsp3) is 0.750. The number of carboxylic acid groups (broad SMARTS) is 1. The summed E-state index contributed by atoms with van der Waals surface area (Å²) >= 11 is 0. The fourth-order valence-electron chi connectivity index (χ4n) is 1.37. The van der Waals surface area contributed by atoms with Crippen molar-refractivity contribution in [2.24, 2.45) is 5.41 Å². The van der Waals surface area contributed by atoms with E-state index in [9.17, 15) is 14.4 Å². The van der Waals surface area contributed by atoms with E-state index < -0.39 is 12.0 Å². The van der Waals surface area contributed by atoms with Crippen LogP contribution in [0.5, 0.6) is 0 Å². The van der Waals surface area contributed by atoms with E-state index in [1.165, 1.54) is 6.92 Å². The molecule has 0 bridgehead atoms. The number of hydrogen-bond donors (Lipinski definition) is 3. The number of aliphatic carboxylic acids is 1. The molecule has 0 saturated heterocycles. The molecule has 0 aromatic rings. The highest BCUT2D eigenvalue weighted by atomic mass is 16.4. The normalized spacial score (nSPS) is 12.7. The van der Waals surface area contributed by atoms with Gasteiger partial charge in [-0.05, 0) is 5.41 Å². The Morgan fingerprint density at radius 2 is 1.78 bits per heavy atom. The average molecular weight is 258 g/mol. The number of hydrogen-bond acceptors (Lipinski definition) is 3. The van der Waals surface area contributed by atoms with Crippen molar-refractivity contribution in [3.8, 4) is 0 Å². The molecule has 6 heteroatoms. The Labute approximate surface area is 107 Å². The quantitative estimate of drug-likeness (QED) is 0.647. The molecule has 1 atom stereocenters.